The van der Waals surface area contributed by atoms with E-state index < -0.39 is 18.0 Å². The van der Waals surface area contributed by atoms with Crippen LogP contribution in [-0.2, 0) is 16.6 Å². The number of amides is 1. The molecule has 1 N–H and O–H groups in total. The average Bonchev–Trinajstić information content (AvgIpc) is 2.97. The number of ether oxygens (including phenoxy) is 2. The Morgan fingerprint density at radius 3 is 2.27 bits per heavy atom. The highest BCUT2D eigenvalue weighted by Gasteiger charge is 2.22. The summed E-state index contributed by atoms with van der Waals surface area (Å²) in [5, 5.41) is 2.68. The minimum atomic E-state index is -0.863. The van der Waals surface area contributed by atoms with Crippen molar-refractivity contribution in [3.8, 4) is 11.4 Å². The maximum absolute atomic E-state index is 12.9. The van der Waals surface area contributed by atoms with Crippen molar-refractivity contribution in [1.29, 1.82) is 0 Å². The number of nitrogens with zero attached hydrogens (tertiary/aromatic N) is 2. The van der Waals surface area contributed by atoms with Gasteiger partial charge in [-0.15, -0.1) is 0 Å². The molecule has 0 bridgehead atoms. The molecule has 8 nitrogen and oxygen atoms in total. The lowest BCUT2D eigenvalue weighted by Gasteiger charge is -2.14. The van der Waals surface area contributed by atoms with Crippen LogP contribution in [0.15, 0.2) is 59.4 Å². The number of hydrogen-bond acceptors (Lipinski definition) is 5. The zero-order valence-electron chi connectivity index (χ0n) is 17.2. The minimum Gasteiger partial charge on any atom is -0.481 e. The fourth-order valence-corrected chi connectivity index (χ4v) is 2.98. The number of benzene rings is 2. The number of aromatic nitrogens is 2. The largest absolute Gasteiger partial charge is 0.481 e. The highest BCUT2D eigenvalue weighted by molar-refractivity contribution is 5.94. The molecule has 1 amide bonds. The third-order valence-electron chi connectivity index (χ3n) is 4.76. The molecule has 0 aliphatic heterocycles. The third kappa shape index (κ3) is 4.12. The molecule has 1 aromatic heterocycles. The first-order valence-electron chi connectivity index (χ1n) is 9.33. The Bertz CT molecular complexity index is 1110. The summed E-state index contributed by atoms with van der Waals surface area (Å²) in [6.45, 7) is 3.34. The molecule has 1 heterocycles. The van der Waals surface area contributed by atoms with E-state index in [1.165, 1.54) is 11.8 Å². The lowest BCUT2D eigenvalue weighted by molar-refractivity contribution is -0.122. The normalized spacial score (nSPS) is 11.6. The average molecular weight is 409 g/mol. The maximum atomic E-state index is 12.9. The van der Waals surface area contributed by atoms with Crippen LogP contribution < -0.4 is 15.6 Å². The van der Waals surface area contributed by atoms with E-state index in [1.54, 1.807) is 49.8 Å². The van der Waals surface area contributed by atoms with Gasteiger partial charge >= 0.3 is 5.97 Å². The first kappa shape index (κ1) is 20.9. The molecule has 2 aromatic carbocycles. The van der Waals surface area contributed by atoms with Crippen molar-refractivity contribution in [2.24, 2.45) is 7.05 Å². The van der Waals surface area contributed by atoms with E-state index in [0.29, 0.717) is 22.7 Å². The Balaban J connectivity index is 1.76. The van der Waals surface area contributed by atoms with Crippen LogP contribution in [0.25, 0.3) is 5.69 Å². The molecule has 1 atom stereocenters. The van der Waals surface area contributed by atoms with Crippen LogP contribution in [0, 0.1) is 6.92 Å². The molecule has 0 fully saturated rings. The molecule has 3 aromatic rings. The third-order valence-corrected chi connectivity index (χ3v) is 4.76. The van der Waals surface area contributed by atoms with Gasteiger partial charge in [0, 0.05) is 7.05 Å². The summed E-state index contributed by atoms with van der Waals surface area (Å²) in [4.78, 5) is 37.0. The minimum absolute atomic E-state index is 0.197. The lowest BCUT2D eigenvalue weighted by Crippen LogP contribution is -2.32. The number of carbonyl (C=O) groups excluding carboxylic acids is 2. The van der Waals surface area contributed by atoms with Gasteiger partial charge < -0.3 is 14.8 Å². The van der Waals surface area contributed by atoms with E-state index in [1.807, 2.05) is 30.3 Å². The molecule has 0 radical (unpaired) electrons. The van der Waals surface area contributed by atoms with Crippen LogP contribution in [-0.4, -0.2) is 34.5 Å². The summed E-state index contributed by atoms with van der Waals surface area (Å²) in [6.07, 6.45) is -0.863. The molecule has 0 saturated carbocycles. The van der Waals surface area contributed by atoms with Crippen LogP contribution >= 0.6 is 0 Å². The van der Waals surface area contributed by atoms with E-state index in [4.69, 9.17) is 4.74 Å². The van der Waals surface area contributed by atoms with Gasteiger partial charge in [-0.05, 0) is 50.2 Å². The van der Waals surface area contributed by atoms with Gasteiger partial charge in [0.25, 0.3) is 11.5 Å². The highest BCUT2D eigenvalue weighted by atomic mass is 16.5. The first-order valence-corrected chi connectivity index (χ1v) is 9.33. The van der Waals surface area contributed by atoms with Crippen molar-refractivity contribution in [3.63, 3.8) is 0 Å². The summed E-state index contributed by atoms with van der Waals surface area (Å²) >= 11 is 0. The van der Waals surface area contributed by atoms with Crippen LogP contribution in [0.4, 0.5) is 5.69 Å². The Labute approximate surface area is 173 Å². The van der Waals surface area contributed by atoms with Gasteiger partial charge in [-0.25, -0.2) is 9.48 Å². The van der Waals surface area contributed by atoms with E-state index in [-0.39, 0.29) is 11.2 Å². The number of hydrogen-bond donors (Lipinski definition) is 1. The van der Waals surface area contributed by atoms with E-state index >= 15 is 0 Å². The van der Waals surface area contributed by atoms with E-state index in [0.717, 1.165) is 0 Å². The summed E-state index contributed by atoms with van der Waals surface area (Å²) in [5.41, 5.74) is 1.56. The quantitative estimate of drug-likeness (QED) is 0.632. The van der Waals surface area contributed by atoms with Gasteiger partial charge in [0.05, 0.1) is 24.1 Å². The van der Waals surface area contributed by atoms with E-state index in [9.17, 15) is 14.4 Å². The van der Waals surface area contributed by atoms with Crippen LogP contribution in [0.2, 0.25) is 0 Å². The van der Waals surface area contributed by atoms with Crippen LogP contribution in [0.1, 0.15) is 23.0 Å². The van der Waals surface area contributed by atoms with Gasteiger partial charge in [-0.3, -0.25) is 14.3 Å². The van der Waals surface area contributed by atoms with E-state index in [2.05, 4.69) is 10.1 Å². The van der Waals surface area contributed by atoms with Gasteiger partial charge in [0.2, 0.25) is 0 Å². The van der Waals surface area contributed by atoms with Crippen LogP contribution in [0.3, 0.4) is 0 Å². The predicted octanol–water partition coefficient (Wildman–Crippen LogP) is 2.68. The Morgan fingerprint density at radius 2 is 1.67 bits per heavy atom. The highest BCUT2D eigenvalue weighted by Crippen LogP contribution is 2.17. The second-order valence-electron chi connectivity index (χ2n) is 6.70. The molecule has 0 unspecified atom stereocenters. The maximum Gasteiger partial charge on any atom is 0.337 e. The van der Waals surface area contributed by atoms with Crippen molar-refractivity contribution in [2.75, 3.05) is 12.4 Å². The van der Waals surface area contributed by atoms with Crippen molar-refractivity contribution < 1.29 is 19.1 Å². The number of rotatable bonds is 6. The van der Waals surface area contributed by atoms with Gasteiger partial charge in [0.1, 0.15) is 11.4 Å². The fraction of sp³-hybridized carbons (Fsp3) is 0.227. The lowest BCUT2D eigenvalue weighted by atomic mass is 10.2. The molecular weight excluding hydrogens is 386 g/mol. The molecule has 0 spiro atoms. The Kier molecular flexibility index (Phi) is 6.06. The van der Waals surface area contributed by atoms with Crippen molar-refractivity contribution >= 4 is 17.6 Å². The topological polar surface area (TPSA) is 91.6 Å². The Hall–Kier alpha value is -3.81. The smallest absolute Gasteiger partial charge is 0.337 e. The number of anilines is 1. The zero-order valence-corrected chi connectivity index (χ0v) is 17.2. The molecule has 8 heteroatoms. The van der Waals surface area contributed by atoms with Gasteiger partial charge in [0.15, 0.2) is 6.10 Å². The van der Waals surface area contributed by atoms with Crippen molar-refractivity contribution in [1.82, 2.24) is 9.36 Å². The van der Waals surface area contributed by atoms with Crippen molar-refractivity contribution in [3.05, 3.63) is 76.2 Å². The number of carbonyl (C=O) groups is 2. The molecule has 0 aliphatic carbocycles. The second kappa shape index (κ2) is 8.69. The Morgan fingerprint density at radius 1 is 1.03 bits per heavy atom. The fourth-order valence-electron chi connectivity index (χ4n) is 2.98. The summed E-state index contributed by atoms with van der Waals surface area (Å²) in [7, 11) is 3.05. The molecule has 0 saturated heterocycles. The van der Waals surface area contributed by atoms with Crippen molar-refractivity contribution in [2.45, 2.75) is 20.0 Å². The summed E-state index contributed by atoms with van der Waals surface area (Å²) in [6, 6.07) is 15.4. The summed E-state index contributed by atoms with van der Waals surface area (Å²) < 4.78 is 13.5. The van der Waals surface area contributed by atoms with Gasteiger partial charge in [-0.1, -0.05) is 18.2 Å². The SMILES string of the molecule is COC(=O)c1ccc(O[C@@H](C)C(=O)Nc2c(C)n(C)n(-c3ccccc3)c2=O)cc1. The monoisotopic (exact) mass is 409 g/mol. The molecule has 156 valence electrons. The predicted molar refractivity (Wildman–Crippen MR) is 112 cm³/mol. The number of para-hydroxylation sites is 1. The number of nitrogens with one attached hydrogen (secondary N) is 1. The van der Waals surface area contributed by atoms with Gasteiger partial charge in [-0.2, -0.15) is 0 Å². The van der Waals surface area contributed by atoms with Crippen LogP contribution in [0.5, 0.6) is 5.75 Å². The summed E-state index contributed by atoms with van der Waals surface area (Å²) in [5.74, 6) is -0.503. The standard InChI is InChI=1S/C22H23N3O5/c1-14-19(21(27)25(24(14)3)17-8-6-5-7-9-17)23-20(26)15(2)30-18-12-10-16(11-13-18)22(28)29-4/h5-13,15H,1-4H3,(H,23,26)/t15-/m0/s1. The molecular formula is C22H23N3O5. The molecule has 3 rings (SSSR count). The second-order valence-corrected chi connectivity index (χ2v) is 6.70. The molecule has 30 heavy (non-hydrogen) atoms. The number of esters is 1. The molecule has 0 aliphatic rings. The zero-order chi connectivity index (χ0) is 21.8. The number of methoxy groups -OCH3 is 1. The first-order chi connectivity index (χ1) is 14.3.